The van der Waals surface area contributed by atoms with E-state index in [4.69, 9.17) is 4.42 Å². The third-order valence-electron chi connectivity index (χ3n) is 6.37. The summed E-state index contributed by atoms with van der Waals surface area (Å²) in [4.78, 5) is 56.0. The number of carbonyl (C=O) groups is 3. The van der Waals surface area contributed by atoms with Crippen LogP contribution in [0.1, 0.15) is 46.8 Å². The molecule has 13 heteroatoms. The quantitative estimate of drug-likeness (QED) is 0.394. The second-order valence-corrected chi connectivity index (χ2v) is 9.11. The molecule has 0 radical (unpaired) electrons. The van der Waals surface area contributed by atoms with Crippen molar-refractivity contribution in [3.8, 4) is 0 Å². The van der Waals surface area contributed by atoms with Gasteiger partial charge in [0.1, 0.15) is 17.4 Å². The summed E-state index contributed by atoms with van der Waals surface area (Å²) in [7, 11) is 1.57. The molecule has 1 saturated heterocycles. The average Bonchev–Trinajstić information content (AvgIpc) is 3.52. The van der Waals surface area contributed by atoms with E-state index in [0.717, 1.165) is 10.7 Å². The predicted molar refractivity (Wildman–Crippen MR) is 128 cm³/mol. The molecule has 12 nitrogen and oxygen atoms in total. The Labute approximate surface area is 209 Å². The van der Waals surface area contributed by atoms with Crippen LogP contribution in [0.5, 0.6) is 0 Å². The standard InChI is InChI=1S/C24H24FN7O5/c1-12(2)31-7-6-15(23(31)35)29-22(34)18-9-16(28-20-14(25)11-27-32(18)20)21(33)26-10-13-4-5-19-17(8-13)30(3)24(36)37-19/h4-5,8-9,11-12,15H,6-7,10H2,1-3H3,(H,26,33)(H,29,34)/t15-/m0/s1. The molecule has 1 aliphatic heterocycles. The average molecular weight is 509 g/mol. The molecule has 1 atom stereocenters. The highest BCUT2D eigenvalue weighted by atomic mass is 19.1. The van der Waals surface area contributed by atoms with E-state index in [1.165, 1.54) is 10.6 Å². The van der Waals surface area contributed by atoms with Crippen molar-refractivity contribution in [2.45, 2.75) is 38.9 Å². The molecule has 1 fully saturated rings. The van der Waals surface area contributed by atoms with E-state index in [0.29, 0.717) is 29.6 Å². The van der Waals surface area contributed by atoms with Gasteiger partial charge in [-0.2, -0.15) is 5.10 Å². The van der Waals surface area contributed by atoms with E-state index in [2.05, 4.69) is 20.7 Å². The SMILES string of the molecule is CC(C)N1CC[C@H](NC(=O)c2cc(C(=O)NCc3ccc4oc(=O)n(C)c4c3)nc3c(F)cnn23)C1=O. The zero-order chi connectivity index (χ0) is 26.4. The molecule has 3 aromatic heterocycles. The van der Waals surface area contributed by atoms with Crippen molar-refractivity contribution in [3.63, 3.8) is 0 Å². The van der Waals surface area contributed by atoms with Crippen molar-refractivity contribution >= 4 is 34.5 Å². The van der Waals surface area contributed by atoms with E-state index in [1.54, 1.807) is 30.1 Å². The summed E-state index contributed by atoms with van der Waals surface area (Å²) in [5.74, 6) is -2.84. The maximum atomic E-state index is 14.4. The zero-order valence-electron chi connectivity index (χ0n) is 20.3. The van der Waals surface area contributed by atoms with Gasteiger partial charge in [0.25, 0.3) is 11.8 Å². The number of aryl methyl sites for hydroxylation is 1. The minimum Gasteiger partial charge on any atom is -0.408 e. The van der Waals surface area contributed by atoms with Crippen LogP contribution in [0.25, 0.3) is 16.7 Å². The molecule has 4 aromatic rings. The van der Waals surface area contributed by atoms with Crippen LogP contribution in [0.3, 0.4) is 0 Å². The summed E-state index contributed by atoms with van der Waals surface area (Å²) in [6.45, 7) is 4.36. The summed E-state index contributed by atoms with van der Waals surface area (Å²) in [5.41, 5.74) is 1.03. The molecule has 0 bridgehead atoms. The van der Waals surface area contributed by atoms with Gasteiger partial charge in [0.15, 0.2) is 17.0 Å². The Morgan fingerprint density at radius 2 is 2.00 bits per heavy atom. The van der Waals surface area contributed by atoms with E-state index in [-0.39, 0.29) is 35.5 Å². The van der Waals surface area contributed by atoms with Crippen molar-refractivity contribution in [1.82, 2.24) is 34.7 Å². The number of benzene rings is 1. The first-order valence-corrected chi connectivity index (χ1v) is 11.7. The first-order valence-electron chi connectivity index (χ1n) is 11.7. The fraction of sp³-hybridized carbons (Fsp3) is 0.333. The monoisotopic (exact) mass is 509 g/mol. The second-order valence-electron chi connectivity index (χ2n) is 9.11. The van der Waals surface area contributed by atoms with Gasteiger partial charge in [-0.25, -0.2) is 18.7 Å². The number of likely N-dealkylation sites (tertiary alicyclic amines) is 1. The Bertz CT molecular complexity index is 1620. The minimum absolute atomic E-state index is 0.00312. The molecule has 4 heterocycles. The van der Waals surface area contributed by atoms with Crippen LogP contribution < -0.4 is 16.4 Å². The van der Waals surface area contributed by atoms with Crippen LogP contribution >= 0.6 is 0 Å². The van der Waals surface area contributed by atoms with Crippen LogP contribution in [0.2, 0.25) is 0 Å². The van der Waals surface area contributed by atoms with Gasteiger partial charge < -0.3 is 20.0 Å². The molecule has 0 saturated carbocycles. The van der Waals surface area contributed by atoms with Crippen molar-refractivity contribution in [1.29, 1.82) is 0 Å². The van der Waals surface area contributed by atoms with Gasteiger partial charge in [0, 0.05) is 32.2 Å². The Morgan fingerprint density at radius 1 is 1.22 bits per heavy atom. The van der Waals surface area contributed by atoms with Crippen LogP contribution in [-0.2, 0) is 18.4 Å². The molecule has 1 aromatic carbocycles. The fourth-order valence-electron chi connectivity index (χ4n) is 4.35. The fourth-order valence-corrected chi connectivity index (χ4v) is 4.35. The topological polar surface area (TPSA) is 144 Å². The number of amides is 3. The highest BCUT2D eigenvalue weighted by molar-refractivity contribution is 6.00. The first kappa shape index (κ1) is 24.2. The minimum atomic E-state index is -0.807. The number of hydrogen-bond acceptors (Lipinski definition) is 7. The lowest BCUT2D eigenvalue weighted by molar-refractivity contribution is -0.130. The third-order valence-corrected chi connectivity index (χ3v) is 6.37. The molecule has 5 rings (SSSR count). The van der Waals surface area contributed by atoms with Gasteiger partial charge in [0.05, 0.1) is 11.7 Å². The number of fused-ring (bicyclic) bond motifs is 2. The maximum Gasteiger partial charge on any atom is 0.419 e. The predicted octanol–water partition coefficient (Wildman–Crippen LogP) is 0.982. The molecule has 0 unspecified atom stereocenters. The maximum absolute atomic E-state index is 14.4. The normalized spacial score (nSPS) is 15.8. The zero-order valence-corrected chi connectivity index (χ0v) is 20.3. The lowest BCUT2D eigenvalue weighted by atomic mass is 10.2. The molecule has 2 N–H and O–H groups in total. The Morgan fingerprint density at radius 3 is 2.73 bits per heavy atom. The number of hydrogen-bond donors (Lipinski definition) is 2. The molecule has 37 heavy (non-hydrogen) atoms. The van der Waals surface area contributed by atoms with Crippen LogP contribution in [0, 0.1) is 5.82 Å². The number of carbonyl (C=O) groups excluding carboxylic acids is 3. The van der Waals surface area contributed by atoms with Crippen molar-refractivity contribution < 1.29 is 23.2 Å². The van der Waals surface area contributed by atoms with Crippen LogP contribution in [-0.4, -0.2) is 60.4 Å². The number of aromatic nitrogens is 4. The van der Waals surface area contributed by atoms with Gasteiger partial charge in [-0.3, -0.25) is 19.0 Å². The summed E-state index contributed by atoms with van der Waals surface area (Å²) < 4.78 is 21.8. The highest BCUT2D eigenvalue weighted by Crippen LogP contribution is 2.17. The Kier molecular flexibility index (Phi) is 5.97. The van der Waals surface area contributed by atoms with Gasteiger partial charge in [-0.1, -0.05) is 6.07 Å². The molecule has 3 amide bonds. The molecule has 0 aliphatic carbocycles. The number of nitrogens with zero attached hydrogens (tertiary/aromatic N) is 5. The summed E-state index contributed by atoms with van der Waals surface area (Å²) in [6.07, 6.45) is 1.33. The summed E-state index contributed by atoms with van der Waals surface area (Å²) in [6, 6.07) is 5.48. The van der Waals surface area contributed by atoms with Crippen molar-refractivity contribution in [3.05, 3.63) is 63.8 Å². The van der Waals surface area contributed by atoms with Gasteiger partial charge in [0.2, 0.25) is 5.91 Å². The molecular formula is C24H24FN7O5. The van der Waals surface area contributed by atoms with Crippen molar-refractivity contribution in [2.75, 3.05) is 6.54 Å². The largest absolute Gasteiger partial charge is 0.419 e. The second kappa shape index (κ2) is 9.15. The molecule has 1 aliphatic rings. The van der Waals surface area contributed by atoms with Crippen molar-refractivity contribution in [2.24, 2.45) is 7.05 Å². The summed E-state index contributed by atoms with van der Waals surface area (Å²) in [5, 5.41) is 9.22. The number of oxazole rings is 1. The van der Waals surface area contributed by atoms with E-state index < -0.39 is 29.4 Å². The molecular weight excluding hydrogens is 485 g/mol. The third kappa shape index (κ3) is 4.32. The number of nitrogens with one attached hydrogen (secondary N) is 2. The van der Waals surface area contributed by atoms with E-state index in [9.17, 15) is 23.6 Å². The molecule has 192 valence electrons. The highest BCUT2D eigenvalue weighted by Gasteiger charge is 2.34. The number of halogens is 1. The Balaban J connectivity index is 1.38. The van der Waals surface area contributed by atoms with Crippen LogP contribution in [0.4, 0.5) is 4.39 Å². The van der Waals surface area contributed by atoms with Gasteiger partial charge >= 0.3 is 5.76 Å². The smallest absolute Gasteiger partial charge is 0.408 e. The van der Waals surface area contributed by atoms with Gasteiger partial charge in [-0.15, -0.1) is 0 Å². The molecule has 0 spiro atoms. The van der Waals surface area contributed by atoms with E-state index in [1.807, 2.05) is 13.8 Å². The lowest BCUT2D eigenvalue weighted by Gasteiger charge is -2.21. The Hall–Kier alpha value is -4.55. The van der Waals surface area contributed by atoms with Gasteiger partial charge in [-0.05, 0) is 38.0 Å². The number of rotatable bonds is 6. The lowest BCUT2D eigenvalue weighted by Crippen LogP contribution is -2.43. The van der Waals surface area contributed by atoms with Crippen LogP contribution in [0.15, 0.2) is 39.7 Å². The summed E-state index contributed by atoms with van der Waals surface area (Å²) >= 11 is 0. The first-order chi connectivity index (χ1) is 17.6. The van der Waals surface area contributed by atoms with E-state index >= 15 is 0 Å².